The van der Waals surface area contributed by atoms with E-state index in [0.29, 0.717) is 0 Å². The molecule has 2 N–H and O–H groups in total. The Balaban J connectivity index is 0.000000139. The molecule has 5 nitrogen and oxygen atoms in total. The second kappa shape index (κ2) is 14.8. The van der Waals surface area contributed by atoms with Crippen molar-refractivity contribution in [3.05, 3.63) is 206 Å². The van der Waals surface area contributed by atoms with E-state index in [4.69, 9.17) is 16.7 Å². The summed E-state index contributed by atoms with van der Waals surface area (Å²) in [4.78, 5) is 0. The van der Waals surface area contributed by atoms with Gasteiger partial charge in [-0.2, -0.15) is 0 Å². The first-order valence-electron chi connectivity index (χ1n) is 20.0. The van der Waals surface area contributed by atoms with E-state index in [1.165, 1.54) is 21.8 Å². The molecule has 3 heterocycles. The van der Waals surface area contributed by atoms with E-state index in [0.717, 1.165) is 88.9 Å². The average molecular weight is 770 g/mol. The Morgan fingerprint density at radius 1 is 0.350 bits per heavy atom. The highest BCUT2D eigenvalue weighted by Gasteiger charge is 2.15. The van der Waals surface area contributed by atoms with Crippen LogP contribution in [0.5, 0.6) is 0 Å². The van der Waals surface area contributed by atoms with Crippen LogP contribution in [-0.2, 0) is 0 Å². The molecule has 282 valence electrons. The highest BCUT2D eigenvalue weighted by atomic mass is 16.3. The van der Waals surface area contributed by atoms with E-state index >= 15 is 0 Å². The van der Waals surface area contributed by atoms with Gasteiger partial charge in [-0.25, -0.2) is 0 Å². The lowest BCUT2D eigenvalue weighted by atomic mass is 9.94. The van der Waals surface area contributed by atoms with Gasteiger partial charge >= 0.3 is 0 Å². The van der Waals surface area contributed by atoms with E-state index < -0.39 is 0 Å². The predicted octanol–water partition coefficient (Wildman–Crippen LogP) is 14.2. The smallest absolute Gasteiger partial charge is 0.135 e. The molecule has 60 heavy (non-hydrogen) atoms. The van der Waals surface area contributed by atoms with Crippen LogP contribution in [0.4, 0.5) is 22.7 Å². The van der Waals surface area contributed by atoms with Crippen LogP contribution in [-0.4, -0.2) is 12.4 Å². The van der Waals surface area contributed by atoms with E-state index in [1.54, 1.807) is 0 Å². The zero-order chi connectivity index (χ0) is 40.0. The van der Waals surface area contributed by atoms with Crippen LogP contribution in [0, 0.1) is 0 Å². The molecule has 9 aromatic carbocycles. The van der Waals surface area contributed by atoms with Gasteiger partial charge in [0.15, 0.2) is 0 Å². The number of nitrogens with zero attached hydrogens (tertiary/aromatic N) is 1. The molecule has 0 atom stereocenters. The third-order valence-electron chi connectivity index (χ3n) is 11.2. The number of nitrogens with one attached hydrogen (secondary N) is 2. The molecule has 12 rings (SSSR count). The van der Waals surface area contributed by atoms with E-state index in [-0.39, 0.29) is 0 Å². The molecular formula is C54H36BN3O2. The number of rotatable bonds is 6. The quantitative estimate of drug-likeness (QED) is 0.165. The highest BCUT2D eigenvalue weighted by molar-refractivity contribution is 6.33. The fourth-order valence-corrected chi connectivity index (χ4v) is 8.32. The van der Waals surface area contributed by atoms with E-state index in [9.17, 15) is 0 Å². The van der Waals surface area contributed by atoms with Gasteiger partial charge in [-0.1, -0.05) is 121 Å². The first-order valence-corrected chi connectivity index (χ1v) is 20.0. The van der Waals surface area contributed by atoms with Gasteiger partial charge in [-0.3, -0.25) is 0 Å². The Bertz CT molecular complexity index is 3460. The molecule has 2 radical (unpaired) electrons. The Hall–Kier alpha value is -7.96. The minimum atomic E-state index is 0.743. The molecule has 0 fully saturated rings. The summed E-state index contributed by atoms with van der Waals surface area (Å²) in [6, 6.07) is 70.7. The van der Waals surface area contributed by atoms with Crippen molar-refractivity contribution in [1.29, 1.82) is 0 Å². The molecular weight excluding hydrogens is 733 g/mol. The largest absolute Gasteiger partial charge is 0.456 e. The van der Waals surface area contributed by atoms with Crippen molar-refractivity contribution in [1.82, 2.24) is 4.57 Å². The summed E-state index contributed by atoms with van der Waals surface area (Å²) in [6.07, 6.45) is 0. The number of fused-ring (bicyclic) bond motifs is 9. The number of aromatic nitrogens is 1. The second-order valence-electron chi connectivity index (χ2n) is 15.0. The van der Waals surface area contributed by atoms with Crippen molar-refractivity contribution in [3.63, 3.8) is 0 Å². The van der Waals surface area contributed by atoms with Crippen molar-refractivity contribution < 1.29 is 8.83 Å². The Morgan fingerprint density at radius 3 is 1.52 bits per heavy atom. The minimum absolute atomic E-state index is 0.743. The summed E-state index contributed by atoms with van der Waals surface area (Å²) >= 11 is 0. The molecule has 0 spiro atoms. The molecule has 3 aromatic heterocycles. The summed E-state index contributed by atoms with van der Waals surface area (Å²) in [7, 11) is 6.01. The summed E-state index contributed by atoms with van der Waals surface area (Å²) in [6.45, 7) is 0. The Labute approximate surface area is 347 Å². The topological polar surface area (TPSA) is 55.3 Å². The zero-order valence-electron chi connectivity index (χ0n) is 32.5. The Morgan fingerprint density at radius 2 is 0.833 bits per heavy atom. The van der Waals surface area contributed by atoms with Crippen LogP contribution < -0.4 is 16.1 Å². The normalized spacial score (nSPS) is 11.4. The monoisotopic (exact) mass is 769 g/mol. The van der Waals surface area contributed by atoms with Crippen molar-refractivity contribution in [2.45, 2.75) is 0 Å². The summed E-state index contributed by atoms with van der Waals surface area (Å²) < 4.78 is 14.3. The van der Waals surface area contributed by atoms with Crippen LogP contribution in [0.3, 0.4) is 0 Å². The maximum atomic E-state index is 6.01. The standard InChI is InChI=1S/C30H22N2O.C24H14BNO/c1-3-9-23(10-4-1)31-27-17-15-22(20-28(27)32-24-11-5-2-6-12-24)21-16-18-30-26(19-21)25-13-7-8-14-29(25)33-30;25-15-9-11-23-19(13-15)20-14-16(10-12-24(20)27-23)26-21-7-3-1-5-17(21)18-6-2-4-8-22(18)26/h1-20,31-32H;1-14H. The lowest BCUT2D eigenvalue weighted by molar-refractivity contribution is 0.668. The molecule has 6 heteroatoms. The minimum Gasteiger partial charge on any atom is -0.456 e. The van der Waals surface area contributed by atoms with Crippen LogP contribution in [0.15, 0.2) is 215 Å². The molecule has 0 amide bonds. The van der Waals surface area contributed by atoms with Gasteiger partial charge < -0.3 is 24.0 Å². The van der Waals surface area contributed by atoms with Gasteiger partial charge in [-0.05, 0) is 102 Å². The van der Waals surface area contributed by atoms with Crippen molar-refractivity contribution in [2.75, 3.05) is 10.6 Å². The Kier molecular flexibility index (Phi) is 8.67. The fraction of sp³-hybridized carbons (Fsp3) is 0. The van der Waals surface area contributed by atoms with E-state index in [2.05, 4.69) is 149 Å². The SMILES string of the molecule is [B]c1ccc2oc3ccc(-n4c5ccccc5c5ccccc54)cc3c2c1.c1ccc(Nc2ccc(-c3ccc4oc5ccccc5c4c3)cc2Nc2ccccc2)cc1. The lowest BCUT2D eigenvalue weighted by Gasteiger charge is -2.16. The van der Waals surface area contributed by atoms with E-state index in [1.807, 2.05) is 72.8 Å². The maximum absolute atomic E-state index is 6.01. The molecule has 0 bridgehead atoms. The van der Waals surface area contributed by atoms with Crippen LogP contribution in [0.2, 0.25) is 0 Å². The molecule has 0 aliphatic carbocycles. The molecule has 0 aliphatic rings. The van der Waals surface area contributed by atoms with Gasteiger partial charge in [-0.15, -0.1) is 0 Å². The van der Waals surface area contributed by atoms with Crippen molar-refractivity contribution >= 4 is 102 Å². The van der Waals surface area contributed by atoms with Crippen LogP contribution >= 0.6 is 0 Å². The zero-order valence-corrected chi connectivity index (χ0v) is 32.5. The summed E-state index contributed by atoms with van der Waals surface area (Å²) in [5, 5.41) is 14.0. The third kappa shape index (κ3) is 6.41. The molecule has 0 saturated heterocycles. The lowest BCUT2D eigenvalue weighted by Crippen LogP contribution is -1.98. The number of para-hydroxylation sites is 5. The van der Waals surface area contributed by atoms with Crippen LogP contribution in [0.1, 0.15) is 0 Å². The number of anilines is 4. The summed E-state index contributed by atoms with van der Waals surface area (Å²) in [5.41, 5.74) is 14.2. The second-order valence-corrected chi connectivity index (χ2v) is 15.0. The van der Waals surface area contributed by atoms with Gasteiger partial charge in [0.25, 0.3) is 0 Å². The van der Waals surface area contributed by atoms with Gasteiger partial charge in [0.05, 0.1) is 22.4 Å². The fourth-order valence-electron chi connectivity index (χ4n) is 8.32. The van der Waals surface area contributed by atoms with Crippen molar-refractivity contribution in [2.24, 2.45) is 0 Å². The van der Waals surface area contributed by atoms with Crippen LogP contribution in [0.25, 0.3) is 82.5 Å². The molecule has 12 aromatic rings. The van der Waals surface area contributed by atoms with Gasteiger partial charge in [0, 0.05) is 49.4 Å². The first-order chi connectivity index (χ1) is 29.6. The highest BCUT2D eigenvalue weighted by Crippen LogP contribution is 2.38. The predicted molar refractivity (Wildman–Crippen MR) is 252 cm³/mol. The number of hydrogen-bond donors (Lipinski definition) is 2. The molecule has 0 aliphatic heterocycles. The maximum Gasteiger partial charge on any atom is 0.135 e. The van der Waals surface area contributed by atoms with Crippen molar-refractivity contribution in [3.8, 4) is 16.8 Å². The van der Waals surface area contributed by atoms with Gasteiger partial charge in [0.1, 0.15) is 30.2 Å². The molecule has 0 unspecified atom stereocenters. The number of benzene rings is 9. The summed E-state index contributed by atoms with van der Waals surface area (Å²) in [5.74, 6) is 0. The average Bonchev–Trinajstić information content (AvgIpc) is 3.97. The molecule has 0 saturated carbocycles. The number of hydrogen-bond acceptors (Lipinski definition) is 4. The number of furan rings is 2. The first kappa shape index (κ1) is 35.2. The third-order valence-corrected chi connectivity index (χ3v) is 11.2. The van der Waals surface area contributed by atoms with Gasteiger partial charge in [0.2, 0.25) is 0 Å².